The fourth-order valence-electron chi connectivity index (χ4n) is 0.978. The van der Waals surface area contributed by atoms with Gasteiger partial charge in [0.05, 0.1) is 0 Å². The lowest BCUT2D eigenvalue weighted by Crippen LogP contribution is -2.33. The molecule has 0 saturated heterocycles. The topological polar surface area (TPSA) is 55.8 Å². The Balaban J connectivity index is 4.18. The third-order valence-corrected chi connectivity index (χ3v) is 1.48. The molecule has 0 rings (SSSR count). The molecule has 4 heteroatoms. The van der Waals surface area contributed by atoms with Gasteiger partial charge in [0.25, 0.3) is 0 Å². The van der Waals surface area contributed by atoms with Gasteiger partial charge in [-0.1, -0.05) is 13.8 Å². The summed E-state index contributed by atoms with van der Waals surface area (Å²) < 4.78 is 5.07. The minimum absolute atomic E-state index is 0.264. The average molecular weight is 204 g/mol. The van der Waals surface area contributed by atoms with Crippen LogP contribution in [0.15, 0.2) is 0 Å². The lowest BCUT2D eigenvalue weighted by atomic mass is 10.1. The number of carbonyl (C=O) groups is 1. The Morgan fingerprint density at radius 3 is 2.14 bits per heavy atom. The Morgan fingerprint density at radius 2 is 1.86 bits per heavy atom. The Bertz CT molecular complexity index is 181. The van der Waals surface area contributed by atoms with Gasteiger partial charge in [0.1, 0.15) is 5.60 Å². The van der Waals surface area contributed by atoms with Gasteiger partial charge in [0, 0.05) is 0 Å². The van der Waals surface area contributed by atoms with Crippen LogP contribution in [0, 0.1) is 5.92 Å². The van der Waals surface area contributed by atoms with Gasteiger partial charge in [-0.25, -0.2) is 9.68 Å². The normalized spacial score (nSPS) is 14.2. The summed E-state index contributed by atoms with van der Waals surface area (Å²) >= 11 is 0. The number of hydrogen-bond donors (Lipinski definition) is 1. The van der Waals surface area contributed by atoms with E-state index in [1.807, 2.05) is 13.8 Å². The predicted molar refractivity (Wildman–Crippen MR) is 52.8 cm³/mol. The summed E-state index contributed by atoms with van der Waals surface area (Å²) in [5, 5.41) is 8.54. The van der Waals surface area contributed by atoms with E-state index in [9.17, 15) is 4.79 Å². The number of ether oxygens (including phenoxy) is 1. The Kier molecular flexibility index (Phi) is 5.08. The van der Waals surface area contributed by atoms with Gasteiger partial charge in [-0.2, -0.15) is 0 Å². The molecule has 0 saturated carbocycles. The quantitative estimate of drug-likeness (QED) is 0.433. The van der Waals surface area contributed by atoms with Gasteiger partial charge in [0.15, 0.2) is 6.10 Å². The molecule has 0 heterocycles. The van der Waals surface area contributed by atoms with E-state index < -0.39 is 17.7 Å². The predicted octanol–water partition coefficient (Wildman–Crippen LogP) is 2.23. The van der Waals surface area contributed by atoms with E-state index >= 15 is 0 Å². The van der Waals surface area contributed by atoms with Crippen molar-refractivity contribution in [3.05, 3.63) is 0 Å². The van der Waals surface area contributed by atoms with Crippen LogP contribution < -0.4 is 0 Å². The van der Waals surface area contributed by atoms with Crippen LogP contribution >= 0.6 is 0 Å². The maximum absolute atomic E-state index is 11.4. The maximum Gasteiger partial charge on any atom is 0.339 e. The van der Waals surface area contributed by atoms with Gasteiger partial charge in [-0.15, -0.1) is 0 Å². The first-order valence-electron chi connectivity index (χ1n) is 4.79. The molecule has 14 heavy (non-hydrogen) atoms. The van der Waals surface area contributed by atoms with Crippen molar-refractivity contribution >= 4 is 5.97 Å². The molecule has 84 valence electrons. The van der Waals surface area contributed by atoms with Gasteiger partial charge in [-0.3, -0.25) is 5.26 Å². The van der Waals surface area contributed by atoms with Crippen LogP contribution in [0.2, 0.25) is 0 Å². The zero-order valence-electron chi connectivity index (χ0n) is 9.53. The van der Waals surface area contributed by atoms with Crippen LogP contribution in [0.3, 0.4) is 0 Å². The standard InChI is InChI=1S/C10H20O4/c1-7(2)6-8(14-12)9(11)13-10(3,4)5/h7-8,12H,6H2,1-5H3. The molecule has 4 nitrogen and oxygen atoms in total. The molecule has 0 aromatic rings. The van der Waals surface area contributed by atoms with Crippen molar-refractivity contribution in [2.45, 2.75) is 52.7 Å². The molecule has 0 aliphatic carbocycles. The summed E-state index contributed by atoms with van der Waals surface area (Å²) in [5.41, 5.74) is -0.551. The minimum atomic E-state index is -0.880. The molecule has 0 amide bonds. The molecule has 0 aliphatic heterocycles. The maximum atomic E-state index is 11.4. The Labute approximate surface area is 85.1 Å². The van der Waals surface area contributed by atoms with E-state index in [-0.39, 0.29) is 5.92 Å². The molecule has 1 N–H and O–H groups in total. The third kappa shape index (κ3) is 5.94. The smallest absolute Gasteiger partial charge is 0.339 e. The molecule has 0 bridgehead atoms. The molecular weight excluding hydrogens is 184 g/mol. The second-order valence-corrected chi connectivity index (χ2v) is 4.76. The van der Waals surface area contributed by atoms with Crippen molar-refractivity contribution in [1.29, 1.82) is 0 Å². The zero-order chi connectivity index (χ0) is 11.4. The highest BCUT2D eigenvalue weighted by atomic mass is 17.1. The SMILES string of the molecule is CC(C)CC(OO)C(=O)OC(C)(C)C. The fourth-order valence-corrected chi connectivity index (χ4v) is 0.978. The average Bonchev–Trinajstić information content (AvgIpc) is 1.96. The Hall–Kier alpha value is -0.610. The summed E-state index contributed by atoms with van der Waals surface area (Å²) in [4.78, 5) is 15.5. The molecular formula is C10H20O4. The zero-order valence-corrected chi connectivity index (χ0v) is 9.53. The summed E-state index contributed by atoms with van der Waals surface area (Å²) in [5.74, 6) is -0.256. The van der Waals surface area contributed by atoms with Crippen LogP contribution in [0.4, 0.5) is 0 Å². The molecule has 1 atom stereocenters. The number of esters is 1. The fraction of sp³-hybridized carbons (Fsp3) is 0.900. The summed E-state index contributed by atoms with van der Waals surface area (Å²) in [6, 6.07) is 0. The molecule has 0 fully saturated rings. The Morgan fingerprint density at radius 1 is 1.36 bits per heavy atom. The highest BCUT2D eigenvalue weighted by Crippen LogP contribution is 2.14. The molecule has 0 aromatic heterocycles. The summed E-state index contributed by atoms with van der Waals surface area (Å²) in [7, 11) is 0. The summed E-state index contributed by atoms with van der Waals surface area (Å²) in [6.45, 7) is 9.20. The number of rotatable bonds is 4. The van der Waals surface area contributed by atoms with Gasteiger partial charge < -0.3 is 4.74 Å². The van der Waals surface area contributed by atoms with E-state index in [1.54, 1.807) is 20.8 Å². The van der Waals surface area contributed by atoms with E-state index in [0.717, 1.165) is 0 Å². The lowest BCUT2D eigenvalue weighted by molar-refractivity contribution is -0.283. The van der Waals surface area contributed by atoms with Gasteiger partial charge >= 0.3 is 5.97 Å². The van der Waals surface area contributed by atoms with Gasteiger partial charge in [0.2, 0.25) is 0 Å². The number of hydrogen-bond acceptors (Lipinski definition) is 4. The van der Waals surface area contributed by atoms with Crippen LogP contribution in [-0.2, 0) is 14.4 Å². The van der Waals surface area contributed by atoms with Crippen molar-refractivity contribution in [2.24, 2.45) is 5.92 Å². The molecule has 1 unspecified atom stereocenters. The number of carbonyl (C=O) groups excluding carboxylic acids is 1. The third-order valence-electron chi connectivity index (χ3n) is 1.48. The van der Waals surface area contributed by atoms with Crippen LogP contribution in [0.1, 0.15) is 41.0 Å². The van der Waals surface area contributed by atoms with Crippen LogP contribution in [0.5, 0.6) is 0 Å². The van der Waals surface area contributed by atoms with E-state index in [0.29, 0.717) is 6.42 Å². The largest absolute Gasteiger partial charge is 0.458 e. The van der Waals surface area contributed by atoms with Crippen molar-refractivity contribution in [3.63, 3.8) is 0 Å². The molecule has 0 radical (unpaired) electrons. The summed E-state index contributed by atoms with van der Waals surface area (Å²) in [6.07, 6.45) is -0.431. The first-order valence-corrected chi connectivity index (χ1v) is 4.79. The van der Waals surface area contributed by atoms with Crippen LogP contribution in [-0.4, -0.2) is 22.9 Å². The highest BCUT2D eigenvalue weighted by molar-refractivity contribution is 5.75. The minimum Gasteiger partial charge on any atom is -0.458 e. The van der Waals surface area contributed by atoms with E-state index in [2.05, 4.69) is 4.89 Å². The van der Waals surface area contributed by atoms with Crippen LogP contribution in [0.25, 0.3) is 0 Å². The highest BCUT2D eigenvalue weighted by Gasteiger charge is 2.26. The molecule has 0 spiro atoms. The van der Waals surface area contributed by atoms with E-state index in [4.69, 9.17) is 9.99 Å². The van der Waals surface area contributed by atoms with Crippen molar-refractivity contribution in [2.75, 3.05) is 0 Å². The first-order chi connectivity index (χ1) is 6.26. The molecule has 0 aromatic carbocycles. The molecule has 0 aliphatic rings. The van der Waals surface area contributed by atoms with Crippen molar-refractivity contribution < 1.29 is 19.7 Å². The second kappa shape index (κ2) is 5.32. The first kappa shape index (κ1) is 13.4. The lowest BCUT2D eigenvalue weighted by Gasteiger charge is -2.23. The van der Waals surface area contributed by atoms with Crippen molar-refractivity contribution in [3.8, 4) is 0 Å². The van der Waals surface area contributed by atoms with Crippen molar-refractivity contribution in [1.82, 2.24) is 0 Å². The van der Waals surface area contributed by atoms with Gasteiger partial charge in [-0.05, 0) is 33.1 Å². The monoisotopic (exact) mass is 204 g/mol. The second-order valence-electron chi connectivity index (χ2n) is 4.76. The van der Waals surface area contributed by atoms with E-state index in [1.165, 1.54) is 0 Å².